The number of nitrogens with one attached hydrogen (secondary N) is 7. The highest BCUT2D eigenvalue weighted by Crippen LogP contribution is 2.35. The van der Waals surface area contributed by atoms with Gasteiger partial charge >= 0.3 is 17.9 Å². The molecule has 0 aliphatic carbocycles. The van der Waals surface area contributed by atoms with Gasteiger partial charge in [0.25, 0.3) is 0 Å². The average molecular weight is 1410 g/mol. The van der Waals surface area contributed by atoms with E-state index < -0.39 is 0 Å². The zero-order chi connectivity index (χ0) is 71.2. The number of methoxy groups -OCH3 is 6. The summed E-state index contributed by atoms with van der Waals surface area (Å²) < 4.78 is 30.8. The van der Waals surface area contributed by atoms with Crippen molar-refractivity contribution in [3.8, 4) is 17.2 Å². The van der Waals surface area contributed by atoms with Crippen LogP contribution in [-0.2, 0) is 33.4 Å². The second-order valence-corrected chi connectivity index (χ2v) is 23.8. The summed E-state index contributed by atoms with van der Waals surface area (Å²) in [5, 5.41) is 12.0. The molecule has 0 bridgehead atoms. The number of H-pyrrole nitrogens is 5. The van der Waals surface area contributed by atoms with Crippen molar-refractivity contribution in [2.45, 2.75) is 43.9 Å². The van der Waals surface area contributed by atoms with E-state index in [4.69, 9.17) is 18.9 Å². The number of ether oxygens (including phenoxy) is 6. The number of aromatic amines is 5. The topological polar surface area (TPSA) is 227 Å². The molecule has 7 N–H and O–H groups in total. The Morgan fingerprint density at radius 1 is 0.420 bits per heavy atom. The minimum absolute atomic E-state index is 0.0160. The van der Waals surface area contributed by atoms with Crippen molar-refractivity contribution < 1.29 is 47.6 Å². The fourth-order valence-electron chi connectivity index (χ4n) is 11.3. The molecule has 3 unspecified atom stereocenters. The van der Waals surface area contributed by atoms with Crippen LogP contribution in [0.25, 0.3) is 60.6 Å². The first-order valence-electron chi connectivity index (χ1n) is 32.5. The van der Waals surface area contributed by atoms with Gasteiger partial charge in [0.1, 0.15) is 17.2 Å². The third-order valence-corrected chi connectivity index (χ3v) is 17.1. The molecular formula is C82H86BrN7O10. The Kier molecular flexibility index (Phi) is 28.7. The minimum atomic E-state index is -0.346. The molecule has 8 aromatic carbocycles. The number of amides is 1. The van der Waals surface area contributed by atoms with Gasteiger partial charge in [0.05, 0.1) is 49.1 Å². The van der Waals surface area contributed by atoms with Crippen molar-refractivity contribution in [1.29, 1.82) is 0 Å². The predicted octanol–water partition coefficient (Wildman–Crippen LogP) is 17.3. The number of carbonyl (C=O) groups is 4. The molecule has 13 rings (SSSR count). The third-order valence-electron chi connectivity index (χ3n) is 16.6. The number of fused-ring (bicyclic) bond motifs is 5. The van der Waals surface area contributed by atoms with Crippen molar-refractivity contribution in [1.82, 2.24) is 35.6 Å². The highest BCUT2D eigenvalue weighted by atomic mass is 79.9. The lowest BCUT2D eigenvalue weighted by atomic mass is 9.87. The van der Waals surface area contributed by atoms with E-state index in [2.05, 4.69) is 158 Å². The number of rotatable bonds is 19. The van der Waals surface area contributed by atoms with Crippen LogP contribution in [0.2, 0.25) is 0 Å². The Bertz CT molecular complexity index is 4670. The van der Waals surface area contributed by atoms with E-state index in [1.807, 2.05) is 135 Å². The maximum absolute atomic E-state index is 12.0. The van der Waals surface area contributed by atoms with Crippen LogP contribution >= 0.6 is 15.9 Å². The van der Waals surface area contributed by atoms with Crippen LogP contribution in [0, 0.1) is 0 Å². The van der Waals surface area contributed by atoms with Gasteiger partial charge in [-0.1, -0.05) is 113 Å². The number of allylic oxidation sites excluding steroid dienone is 1. The Balaban J connectivity index is 0.000000158. The first kappa shape index (κ1) is 74.5. The Morgan fingerprint density at radius 2 is 0.800 bits per heavy atom. The fourth-order valence-corrected chi connectivity index (χ4v) is 11.6. The van der Waals surface area contributed by atoms with E-state index in [1.54, 1.807) is 47.5 Å². The molecule has 0 aliphatic rings. The largest absolute Gasteiger partial charge is 0.497 e. The van der Waals surface area contributed by atoms with E-state index in [-0.39, 0.29) is 42.1 Å². The lowest BCUT2D eigenvalue weighted by Gasteiger charge is -2.19. The van der Waals surface area contributed by atoms with Gasteiger partial charge in [-0.3, -0.25) is 9.59 Å². The smallest absolute Gasteiger partial charge is 0.330 e. The quantitative estimate of drug-likeness (QED) is 0.0229. The third kappa shape index (κ3) is 21.6. The molecule has 17 nitrogen and oxygen atoms in total. The minimum Gasteiger partial charge on any atom is -0.497 e. The van der Waals surface area contributed by atoms with E-state index in [0.29, 0.717) is 12.3 Å². The first-order chi connectivity index (χ1) is 48.7. The van der Waals surface area contributed by atoms with Crippen molar-refractivity contribution in [2.75, 3.05) is 63.3 Å². The van der Waals surface area contributed by atoms with E-state index in [1.165, 1.54) is 66.4 Å². The summed E-state index contributed by atoms with van der Waals surface area (Å²) in [6.07, 6.45) is 17.5. The van der Waals surface area contributed by atoms with Crippen LogP contribution in [0.15, 0.2) is 248 Å². The number of esters is 3. The molecule has 0 saturated heterocycles. The predicted molar refractivity (Wildman–Crippen MR) is 405 cm³/mol. The molecule has 13 aromatic rings. The van der Waals surface area contributed by atoms with Crippen LogP contribution in [-0.4, -0.2) is 112 Å². The maximum Gasteiger partial charge on any atom is 0.330 e. The van der Waals surface area contributed by atoms with Gasteiger partial charge in [-0.25, -0.2) is 9.59 Å². The standard InChI is InChI=1S/C19H20N2O2.C19H22N2O.C19H19NO3.C12H11NO2.C8H6BrN.C5H8O2/c1-20-19(22)12-17(14-4-3-5-16(10-14)23-2)15-7-6-13-8-9-21-18(13)11-15;1-20-10-9-18(15-4-3-5-17(12-15)22-2)16-7-6-14-8-11-21-19(14)13-16;1-22-16-5-3-4-14(10-16)17(12-19(21)23-2)15-7-6-13-8-9-20-18(13)11-15;1-15-12(14)5-3-9-2-4-10-6-7-13-11(10)8-9;9-7-2-1-6-3-4-10-8(6)5-7;1-3-4-5(6)7-2/h3-11,17,21H,12H2,1-2H3,(H,20,22);3-8,11-13,18,20-21H,9-10H2,1-2H3;3-11,17,20H,12H2,1-2H3;2-8,13H,1H3;1-5,10H;3-4H,1-2H3/b;;;5-3+;;4-3+. The average Bonchev–Trinajstić information content (AvgIpc) is 1.45. The van der Waals surface area contributed by atoms with Crippen molar-refractivity contribution in [3.05, 3.63) is 287 Å². The SMILES string of the molecule is Brc1ccc2cc[nH]c2c1.C/C=C/C(=O)OC.CNC(=O)CC(c1cccc(OC)c1)c1ccc2cc[nH]c2c1.CNCCC(c1cccc(OC)c1)c1ccc2cc[nH]c2c1.COC(=O)/C=C/c1ccc2cc[nH]c2c1.COC(=O)CC(c1cccc(OC)c1)c1ccc2cc[nH]c2c1. The fraction of sp³-hybridized carbons (Fsp3) is 0.195. The number of benzene rings is 8. The van der Waals surface area contributed by atoms with Gasteiger partial charge in [-0.15, -0.1) is 0 Å². The molecule has 3 atom stereocenters. The summed E-state index contributed by atoms with van der Waals surface area (Å²) in [7, 11) is 12.8. The van der Waals surface area contributed by atoms with Crippen LogP contribution in [0.1, 0.15) is 82.9 Å². The van der Waals surface area contributed by atoms with Gasteiger partial charge in [-0.2, -0.15) is 0 Å². The summed E-state index contributed by atoms with van der Waals surface area (Å²) in [6.45, 7) is 2.74. The summed E-state index contributed by atoms with van der Waals surface area (Å²) in [6, 6.07) is 65.6. The van der Waals surface area contributed by atoms with Crippen LogP contribution < -0.4 is 24.8 Å². The lowest BCUT2D eigenvalue weighted by Crippen LogP contribution is -2.21. The zero-order valence-corrected chi connectivity index (χ0v) is 59.3. The van der Waals surface area contributed by atoms with Crippen LogP contribution in [0.4, 0.5) is 0 Å². The Morgan fingerprint density at radius 3 is 1.20 bits per heavy atom. The highest BCUT2D eigenvalue weighted by molar-refractivity contribution is 9.10. The number of aromatic nitrogens is 5. The van der Waals surface area contributed by atoms with E-state index >= 15 is 0 Å². The van der Waals surface area contributed by atoms with Crippen LogP contribution in [0.3, 0.4) is 0 Å². The summed E-state index contributed by atoms with van der Waals surface area (Å²) in [5.41, 5.74) is 13.4. The zero-order valence-electron chi connectivity index (χ0n) is 57.7. The molecule has 0 radical (unpaired) electrons. The molecule has 5 aromatic heterocycles. The molecule has 5 heterocycles. The monoisotopic (exact) mass is 1410 g/mol. The lowest BCUT2D eigenvalue weighted by molar-refractivity contribution is -0.141. The van der Waals surface area contributed by atoms with E-state index in [0.717, 1.165) is 95.2 Å². The number of hydrogen-bond donors (Lipinski definition) is 7. The van der Waals surface area contributed by atoms with Crippen molar-refractivity contribution in [2.24, 2.45) is 0 Å². The molecule has 0 aliphatic heterocycles. The van der Waals surface area contributed by atoms with Gasteiger partial charge in [-0.05, 0) is 202 Å². The summed E-state index contributed by atoms with van der Waals surface area (Å²) in [4.78, 5) is 60.8. The number of hydrogen-bond acceptors (Lipinski definition) is 11. The summed E-state index contributed by atoms with van der Waals surface area (Å²) >= 11 is 3.40. The second kappa shape index (κ2) is 38.6. The van der Waals surface area contributed by atoms with Gasteiger partial charge < -0.3 is 64.0 Å². The molecule has 516 valence electrons. The van der Waals surface area contributed by atoms with Gasteiger partial charge in [0, 0.05) is 106 Å². The second-order valence-electron chi connectivity index (χ2n) is 22.9. The molecule has 0 spiro atoms. The van der Waals surface area contributed by atoms with Gasteiger partial charge in [0.2, 0.25) is 5.91 Å². The molecule has 0 saturated carbocycles. The molecular weight excluding hydrogens is 1320 g/mol. The molecule has 100 heavy (non-hydrogen) atoms. The van der Waals surface area contributed by atoms with E-state index in [9.17, 15) is 19.2 Å². The van der Waals surface area contributed by atoms with Crippen molar-refractivity contribution in [3.63, 3.8) is 0 Å². The number of carbonyl (C=O) groups excluding carboxylic acids is 4. The number of halogens is 1. The first-order valence-corrected chi connectivity index (χ1v) is 33.3. The van der Waals surface area contributed by atoms with Crippen LogP contribution in [0.5, 0.6) is 17.2 Å². The Labute approximate surface area is 591 Å². The Hall–Kier alpha value is -11.3. The highest BCUT2D eigenvalue weighted by Gasteiger charge is 2.22. The summed E-state index contributed by atoms with van der Waals surface area (Å²) in [5.74, 6) is 1.88. The van der Waals surface area contributed by atoms with Crippen molar-refractivity contribution >= 4 is 100 Å². The van der Waals surface area contributed by atoms with Gasteiger partial charge in [0.15, 0.2) is 0 Å². The normalized spacial score (nSPS) is 11.7. The molecule has 18 heteroatoms. The molecule has 0 fully saturated rings. The molecule has 1 amide bonds. The maximum atomic E-state index is 12.0.